The van der Waals surface area contributed by atoms with Gasteiger partial charge >= 0.3 is 0 Å². The number of halogens is 1. The fraction of sp³-hybridized carbons (Fsp3) is 0. The van der Waals surface area contributed by atoms with Gasteiger partial charge in [0.1, 0.15) is 11.4 Å². The molecule has 1 aromatic heterocycles. The van der Waals surface area contributed by atoms with Crippen molar-refractivity contribution in [2.75, 3.05) is 4.72 Å². The summed E-state index contributed by atoms with van der Waals surface area (Å²) in [6, 6.07) is 4.73. The summed E-state index contributed by atoms with van der Waals surface area (Å²) in [6.45, 7) is 0. The molecule has 2 rings (SSSR count). The maximum absolute atomic E-state index is 12.1. The Labute approximate surface area is 126 Å². The van der Waals surface area contributed by atoms with Gasteiger partial charge in [0.05, 0.1) is 11.0 Å². The summed E-state index contributed by atoms with van der Waals surface area (Å²) in [4.78, 5) is 10.1. The molecule has 20 heavy (non-hydrogen) atoms. The normalized spacial score (nSPS) is 11.2. The number of thiophene rings is 1. The summed E-state index contributed by atoms with van der Waals surface area (Å²) in [5, 5.41) is 21.7. The van der Waals surface area contributed by atoms with Crippen LogP contribution in [0.2, 0.25) is 0 Å². The van der Waals surface area contributed by atoms with E-state index in [0.717, 1.165) is 29.5 Å². The van der Waals surface area contributed by atoms with Gasteiger partial charge in [0.15, 0.2) is 4.21 Å². The van der Waals surface area contributed by atoms with Crippen LogP contribution in [0.5, 0.6) is 5.75 Å². The second-order valence-electron chi connectivity index (χ2n) is 3.62. The molecule has 0 unspecified atom stereocenters. The lowest BCUT2D eigenvalue weighted by Crippen LogP contribution is -2.13. The van der Waals surface area contributed by atoms with Gasteiger partial charge in [0.25, 0.3) is 15.7 Å². The number of phenols is 1. The van der Waals surface area contributed by atoms with Crippen molar-refractivity contribution < 1.29 is 18.4 Å². The van der Waals surface area contributed by atoms with Gasteiger partial charge in [-0.25, -0.2) is 8.42 Å². The van der Waals surface area contributed by atoms with Gasteiger partial charge in [-0.15, -0.1) is 11.3 Å². The van der Waals surface area contributed by atoms with E-state index in [2.05, 4.69) is 20.7 Å². The SMILES string of the molecule is O=[N+]([O-])c1cc(O)ccc1NS(=O)(=O)c1sccc1Br. The topological polar surface area (TPSA) is 110 Å². The predicted molar refractivity (Wildman–Crippen MR) is 77.6 cm³/mol. The number of phenolic OH excluding ortho intramolecular Hbond substituents is 1. The predicted octanol–water partition coefficient (Wildman–Crippen LogP) is 2.93. The van der Waals surface area contributed by atoms with E-state index in [0.29, 0.717) is 4.47 Å². The lowest BCUT2D eigenvalue weighted by Gasteiger charge is -2.07. The van der Waals surface area contributed by atoms with Crippen molar-refractivity contribution >= 4 is 48.7 Å². The number of hydrogen-bond acceptors (Lipinski definition) is 6. The largest absolute Gasteiger partial charge is 0.508 e. The smallest absolute Gasteiger partial charge is 0.297 e. The van der Waals surface area contributed by atoms with Gasteiger partial charge in [0, 0.05) is 4.47 Å². The van der Waals surface area contributed by atoms with Gasteiger partial charge in [0.2, 0.25) is 0 Å². The monoisotopic (exact) mass is 378 g/mol. The quantitative estimate of drug-likeness (QED) is 0.482. The highest BCUT2D eigenvalue weighted by atomic mass is 79.9. The third-order valence-electron chi connectivity index (χ3n) is 2.25. The van der Waals surface area contributed by atoms with E-state index in [-0.39, 0.29) is 15.6 Å². The van der Waals surface area contributed by atoms with Crippen molar-refractivity contribution in [2.45, 2.75) is 4.21 Å². The molecular weight excluding hydrogens is 372 g/mol. The van der Waals surface area contributed by atoms with Crippen LogP contribution in [0.25, 0.3) is 0 Å². The zero-order chi connectivity index (χ0) is 14.9. The summed E-state index contributed by atoms with van der Waals surface area (Å²) >= 11 is 4.07. The Morgan fingerprint density at radius 1 is 1.35 bits per heavy atom. The molecule has 0 atom stereocenters. The molecule has 0 aliphatic carbocycles. The minimum absolute atomic E-state index is 0.0138. The number of sulfonamides is 1. The number of nitrogens with zero attached hydrogens (tertiary/aromatic N) is 1. The minimum Gasteiger partial charge on any atom is -0.508 e. The second-order valence-corrected chi connectivity index (χ2v) is 7.27. The second kappa shape index (κ2) is 5.38. The molecule has 2 N–H and O–H groups in total. The van der Waals surface area contributed by atoms with Crippen LogP contribution < -0.4 is 4.72 Å². The summed E-state index contributed by atoms with van der Waals surface area (Å²) < 4.78 is 26.8. The standard InChI is InChI=1S/C10H7BrN2O5S2/c11-7-3-4-19-10(7)20(17,18)12-8-2-1-6(14)5-9(8)13(15)16/h1-5,12,14H. The average molecular weight is 379 g/mol. The summed E-state index contributed by atoms with van der Waals surface area (Å²) in [5.41, 5.74) is -0.741. The van der Waals surface area contributed by atoms with E-state index in [1.165, 1.54) is 0 Å². The number of nitro groups is 1. The molecule has 0 spiro atoms. The fourth-order valence-corrected chi connectivity index (χ4v) is 4.83. The maximum atomic E-state index is 12.1. The van der Waals surface area contributed by atoms with Gasteiger partial charge in [-0.2, -0.15) is 0 Å². The number of nitrogens with one attached hydrogen (secondary N) is 1. The average Bonchev–Trinajstić information content (AvgIpc) is 2.78. The summed E-state index contributed by atoms with van der Waals surface area (Å²) in [6.07, 6.45) is 0. The Kier molecular flexibility index (Phi) is 3.97. The van der Waals surface area contributed by atoms with Gasteiger partial charge in [-0.3, -0.25) is 14.8 Å². The zero-order valence-electron chi connectivity index (χ0n) is 9.61. The van der Waals surface area contributed by atoms with Crippen molar-refractivity contribution in [1.29, 1.82) is 0 Å². The molecule has 106 valence electrons. The number of nitro benzene ring substituents is 1. The van der Waals surface area contributed by atoms with E-state index in [9.17, 15) is 23.6 Å². The van der Waals surface area contributed by atoms with Crippen LogP contribution >= 0.6 is 27.3 Å². The van der Waals surface area contributed by atoms with Gasteiger partial charge in [-0.05, 0) is 39.5 Å². The van der Waals surface area contributed by atoms with Gasteiger partial charge in [-0.1, -0.05) is 0 Å². The lowest BCUT2D eigenvalue weighted by molar-refractivity contribution is -0.384. The first-order valence-corrected chi connectivity index (χ1v) is 8.20. The van der Waals surface area contributed by atoms with E-state index >= 15 is 0 Å². The molecule has 0 aliphatic heterocycles. The third kappa shape index (κ3) is 2.92. The molecule has 1 heterocycles. The Hall–Kier alpha value is -1.65. The molecular formula is C10H7BrN2O5S2. The van der Waals surface area contributed by atoms with Gasteiger partial charge < -0.3 is 5.11 Å². The van der Waals surface area contributed by atoms with Crippen LogP contribution in [0.15, 0.2) is 38.3 Å². The van der Waals surface area contributed by atoms with Crippen LogP contribution in [0, 0.1) is 10.1 Å². The Balaban J connectivity index is 2.45. The number of aromatic hydroxyl groups is 1. The highest BCUT2D eigenvalue weighted by Gasteiger charge is 2.24. The Morgan fingerprint density at radius 2 is 2.05 bits per heavy atom. The molecule has 7 nitrogen and oxygen atoms in total. The van der Waals surface area contributed by atoms with Crippen LogP contribution in [0.3, 0.4) is 0 Å². The molecule has 10 heteroatoms. The highest BCUT2D eigenvalue weighted by molar-refractivity contribution is 9.10. The van der Waals surface area contributed by atoms with E-state index < -0.39 is 20.6 Å². The molecule has 0 bridgehead atoms. The third-order valence-corrected chi connectivity index (χ3v) is 6.29. The highest BCUT2D eigenvalue weighted by Crippen LogP contribution is 2.33. The van der Waals surface area contributed by atoms with Crippen molar-refractivity contribution in [3.05, 3.63) is 44.2 Å². The maximum Gasteiger partial charge on any atom is 0.297 e. The molecule has 0 fully saturated rings. The van der Waals surface area contributed by atoms with Crippen molar-refractivity contribution in [2.24, 2.45) is 0 Å². The number of anilines is 1. The van der Waals surface area contributed by atoms with Crippen LogP contribution in [0.1, 0.15) is 0 Å². The fourth-order valence-electron chi connectivity index (χ4n) is 1.42. The zero-order valence-corrected chi connectivity index (χ0v) is 12.8. The molecule has 0 radical (unpaired) electrons. The van der Waals surface area contributed by atoms with E-state index in [1.807, 2.05) is 0 Å². The van der Waals surface area contributed by atoms with E-state index in [4.69, 9.17) is 0 Å². The lowest BCUT2D eigenvalue weighted by atomic mass is 10.2. The Morgan fingerprint density at radius 3 is 2.60 bits per heavy atom. The molecule has 0 saturated carbocycles. The number of hydrogen-bond donors (Lipinski definition) is 2. The summed E-state index contributed by atoms with van der Waals surface area (Å²) in [7, 11) is -3.93. The van der Waals surface area contributed by atoms with Crippen molar-refractivity contribution in [3.8, 4) is 5.75 Å². The first kappa shape index (κ1) is 14.8. The van der Waals surface area contributed by atoms with E-state index in [1.54, 1.807) is 11.4 Å². The minimum atomic E-state index is -3.93. The number of benzene rings is 1. The molecule has 0 saturated heterocycles. The van der Waals surface area contributed by atoms with Crippen LogP contribution in [-0.4, -0.2) is 18.4 Å². The number of rotatable bonds is 4. The van der Waals surface area contributed by atoms with Crippen molar-refractivity contribution in [3.63, 3.8) is 0 Å². The molecule has 2 aromatic rings. The first-order valence-electron chi connectivity index (χ1n) is 5.04. The molecule has 0 aliphatic rings. The Bertz CT molecular complexity index is 772. The van der Waals surface area contributed by atoms with Crippen LogP contribution in [0.4, 0.5) is 11.4 Å². The van der Waals surface area contributed by atoms with Crippen molar-refractivity contribution in [1.82, 2.24) is 0 Å². The first-order chi connectivity index (χ1) is 9.31. The molecule has 1 aromatic carbocycles. The van der Waals surface area contributed by atoms with Crippen LogP contribution in [-0.2, 0) is 10.0 Å². The summed E-state index contributed by atoms with van der Waals surface area (Å²) in [5.74, 6) is -0.322. The molecule has 0 amide bonds.